The van der Waals surface area contributed by atoms with Crippen molar-refractivity contribution in [3.05, 3.63) is 23.8 Å². The number of aromatic nitrogens is 1. The largest absolute Gasteiger partial charge is 0.486 e. The fourth-order valence-electron chi connectivity index (χ4n) is 1.76. The number of nitrogens with zero attached hydrogens (tertiary/aromatic N) is 1. The third kappa shape index (κ3) is 2.29. The molecule has 2 nitrogen and oxygen atoms in total. The number of aryl methyl sites for hydroxylation is 1. The number of hydrogen-bond donors (Lipinski definition) is 1. The zero-order valence-corrected chi connectivity index (χ0v) is 9.68. The molecule has 2 rings (SSSR count). The minimum atomic E-state index is 0.174. The molecule has 2 aromatic rings. The van der Waals surface area contributed by atoms with Crippen molar-refractivity contribution in [2.45, 2.75) is 32.6 Å². The molecule has 1 N–H and O–H groups in total. The van der Waals surface area contributed by atoms with Gasteiger partial charge in [0.1, 0.15) is 0 Å². The summed E-state index contributed by atoms with van der Waals surface area (Å²) in [5.74, 6) is 0. The number of unbranched alkanes of at least 4 members (excludes halogenated alkanes) is 2. The smallest absolute Gasteiger partial charge is 0.271 e. The van der Waals surface area contributed by atoms with Gasteiger partial charge in [-0.3, -0.25) is 0 Å². The topological polar surface area (TPSA) is 33.1 Å². The van der Waals surface area contributed by atoms with Gasteiger partial charge in [-0.15, -0.1) is 0 Å². The SMILES string of the molecule is CCCCCc1cccc2nc(O)sc12. The second-order valence-corrected chi connectivity index (χ2v) is 4.70. The zero-order valence-electron chi connectivity index (χ0n) is 8.86. The lowest BCUT2D eigenvalue weighted by molar-refractivity contribution is 0.472. The molecule has 0 saturated carbocycles. The minimum absolute atomic E-state index is 0.174. The van der Waals surface area contributed by atoms with Crippen LogP contribution in [0.2, 0.25) is 0 Å². The van der Waals surface area contributed by atoms with Crippen LogP contribution in [0, 0.1) is 0 Å². The molecule has 1 aromatic carbocycles. The van der Waals surface area contributed by atoms with Gasteiger partial charge in [-0.1, -0.05) is 43.2 Å². The predicted molar refractivity (Wildman–Crippen MR) is 64.5 cm³/mol. The Morgan fingerprint density at radius 1 is 1.33 bits per heavy atom. The first-order valence-corrected chi connectivity index (χ1v) is 6.20. The normalized spacial score (nSPS) is 11.0. The van der Waals surface area contributed by atoms with Crippen molar-refractivity contribution < 1.29 is 5.11 Å². The van der Waals surface area contributed by atoms with Crippen LogP contribution in [0.25, 0.3) is 10.2 Å². The number of thiazole rings is 1. The highest BCUT2D eigenvalue weighted by atomic mass is 32.1. The number of aromatic hydroxyl groups is 1. The molecule has 0 unspecified atom stereocenters. The number of fused-ring (bicyclic) bond motifs is 1. The van der Waals surface area contributed by atoms with Crippen LogP contribution in [-0.4, -0.2) is 10.1 Å². The third-order valence-corrected chi connectivity index (χ3v) is 3.48. The minimum Gasteiger partial charge on any atom is -0.486 e. The zero-order chi connectivity index (χ0) is 10.7. The molecule has 0 aliphatic rings. The van der Waals surface area contributed by atoms with Crippen molar-refractivity contribution in [2.75, 3.05) is 0 Å². The van der Waals surface area contributed by atoms with E-state index in [1.54, 1.807) is 0 Å². The summed E-state index contributed by atoms with van der Waals surface area (Å²) in [6.45, 7) is 2.21. The van der Waals surface area contributed by atoms with E-state index in [9.17, 15) is 5.11 Å². The van der Waals surface area contributed by atoms with E-state index < -0.39 is 0 Å². The summed E-state index contributed by atoms with van der Waals surface area (Å²) in [5, 5.41) is 9.53. The Labute approximate surface area is 93.6 Å². The van der Waals surface area contributed by atoms with Crippen LogP contribution in [0.1, 0.15) is 31.7 Å². The van der Waals surface area contributed by atoms with Crippen LogP contribution < -0.4 is 0 Å². The monoisotopic (exact) mass is 221 g/mol. The Morgan fingerprint density at radius 2 is 2.20 bits per heavy atom. The summed E-state index contributed by atoms with van der Waals surface area (Å²) in [7, 11) is 0. The van der Waals surface area contributed by atoms with Crippen molar-refractivity contribution >= 4 is 21.6 Å². The summed E-state index contributed by atoms with van der Waals surface area (Å²) in [6.07, 6.45) is 4.81. The van der Waals surface area contributed by atoms with Gasteiger partial charge in [-0.2, -0.15) is 0 Å². The van der Waals surface area contributed by atoms with Gasteiger partial charge in [-0.05, 0) is 24.5 Å². The Kier molecular flexibility index (Phi) is 3.21. The Balaban J connectivity index is 2.25. The van der Waals surface area contributed by atoms with Gasteiger partial charge >= 0.3 is 0 Å². The lowest BCUT2D eigenvalue weighted by Gasteiger charge is -2.00. The van der Waals surface area contributed by atoms with E-state index in [1.165, 1.54) is 36.2 Å². The van der Waals surface area contributed by atoms with Crippen molar-refractivity contribution in [3.8, 4) is 5.19 Å². The third-order valence-electron chi connectivity index (χ3n) is 2.53. The van der Waals surface area contributed by atoms with E-state index in [2.05, 4.69) is 18.0 Å². The average Bonchev–Trinajstić information content (AvgIpc) is 2.59. The highest BCUT2D eigenvalue weighted by Gasteiger charge is 2.06. The lowest BCUT2D eigenvalue weighted by atomic mass is 10.1. The van der Waals surface area contributed by atoms with E-state index in [0.717, 1.165) is 16.6 Å². The molecule has 80 valence electrons. The van der Waals surface area contributed by atoms with Crippen molar-refractivity contribution in [1.82, 2.24) is 4.98 Å². The molecular weight excluding hydrogens is 206 g/mol. The summed E-state index contributed by atoms with van der Waals surface area (Å²) in [5.41, 5.74) is 2.24. The molecule has 0 bridgehead atoms. The molecule has 0 aliphatic heterocycles. The molecule has 3 heteroatoms. The molecule has 0 radical (unpaired) electrons. The molecule has 0 fully saturated rings. The second kappa shape index (κ2) is 4.62. The Bertz CT molecular complexity index is 450. The molecule has 1 aromatic heterocycles. The first-order chi connectivity index (χ1) is 7.31. The van der Waals surface area contributed by atoms with Crippen molar-refractivity contribution in [3.63, 3.8) is 0 Å². The van der Waals surface area contributed by atoms with E-state index in [-0.39, 0.29) is 5.19 Å². The van der Waals surface area contributed by atoms with Crippen LogP contribution in [0.4, 0.5) is 0 Å². The van der Waals surface area contributed by atoms with Gasteiger partial charge in [0, 0.05) is 0 Å². The van der Waals surface area contributed by atoms with Crippen LogP contribution in [-0.2, 0) is 6.42 Å². The van der Waals surface area contributed by atoms with Gasteiger partial charge in [0.05, 0.1) is 10.2 Å². The predicted octanol–water partition coefficient (Wildman–Crippen LogP) is 3.73. The summed E-state index contributed by atoms with van der Waals surface area (Å²) in [6, 6.07) is 6.10. The molecular formula is C12H15NOS. The standard InChI is InChI=1S/C12H15NOS/c1-2-3-4-6-9-7-5-8-10-11(9)15-12(14)13-10/h5,7-8H,2-4,6H2,1H3,(H,13,14). The van der Waals surface area contributed by atoms with Gasteiger partial charge in [0.15, 0.2) is 0 Å². The summed E-state index contributed by atoms with van der Waals surface area (Å²) < 4.78 is 1.14. The molecule has 0 amide bonds. The summed E-state index contributed by atoms with van der Waals surface area (Å²) >= 11 is 1.38. The molecule has 0 saturated heterocycles. The van der Waals surface area contributed by atoms with Gasteiger partial charge in [0.2, 0.25) is 0 Å². The highest BCUT2D eigenvalue weighted by molar-refractivity contribution is 7.20. The Hall–Kier alpha value is -1.09. The fourth-order valence-corrected chi connectivity index (χ4v) is 2.60. The number of hydrogen-bond acceptors (Lipinski definition) is 3. The molecule has 0 aliphatic carbocycles. The summed E-state index contributed by atoms with van der Waals surface area (Å²) in [4.78, 5) is 4.08. The fraction of sp³-hybridized carbons (Fsp3) is 0.417. The quantitative estimate of drug-likeness (QED) is 0.798. The van der Waals surface area contributed by atoms with E-state index >= 15 is 0 Å². The van der Waals surface area contributed by atoms with Crippen molar-refractivity contribution in [2.24, 2.45) is 0 Å². The second-order valence-electron chi connectivity index (χ2n) is 3.72. The van der Waals surface area contributed by atoms with Gasteiger partial charge in [0.25, 0.3) is 5.19 Å². The molecule has 1 heterocycles. The lowest BCUT2D eigenvalue weighted by Crippen LogP contribution is -1.85. The Morgan fingerprint density at radius 3 is 3.00 bits per heavy atom. The maximum Gasteiger partial charge on any atom is 0.271 e. The van der Waals surface area contributed by atoms with E-state index in [1.807, 2.05) is 12.1 Å². The van der Waals surface area contributed by atoms with E-state index in [0.29, 0.717) is 0 Å². The van der Waals surface area contributed by atoms with Crippen LogP contribution >= 0.6 is 11.3 Å². The van der Waals surface area contributed by atoms with Gasteiger partial charge in [-0.25, -0.2) is 4.98 Å². The first-order valence-electron chi connectivity index (χ1n) is 5.38. The average molecular weight is 221 g/mol. The van der Waals surface area contributed by atoms with E-state index in [4.69, 9.17) is 0 Å². The first kappa shape index (κ1) is 10.4. The number of rotatable bonds is 4. The van der Waals surface area contributed by atoms with Gasteiger partial charge < -0.3 is 5.11 Å². The molecule has 0 atom stereocenters. The van der Waals surface area contributed by atoms with Crippen LogP contribution in [0.3, 0.4) is 0 Å². The van der Waals surface area contributed by atoms with Crippen LogP contribution in [0.5, 0.6) is 5.19 Å². The maximum atomic E-state index is 9.36. The highest BCUT2D eigenvalue weighted by Crippen LogP contribution is 2.30. The molecule has 15 heavy (non-hydrogen) atoms. The molecule has 0 spiro atoms. The van der Waals surface area contributed by atoms with Crippen molar-refractivity contribution in [1.29, 1.82) is 0 Å². The number of benzene rings is 1. The maximum absolute atomic E-state index is 9.36. The van der Waals surface area contributed by atoms with Crippen LogP contribution in [0.15, 0.2) is 18.2 Å².